The number of hydrogen-bond acceptors (Lipinski definition) is 3. The molecule has 5 nitrogen and oxygen atoms in total. The maximum atomic E-state index is 12.0. The average Bonchev–Trinajstić information content (AvgIpc) is 2.59. The summed E-state index contributed by atoms with van der Waals surface area (Å²) in [7, 11) is 0. The number of fused-ring (bicyclic) bond motifs is 1. The summed E-state index contributed by atoms with van der Waals surface area (Å²) in [4.78, 5) is 31.1. The van der Waals surface area contributed by atoms with E-state index in [2.05, 4.69) is 29.1 Å². The lowest BCUT2D eigenvalue weighted by molar-refractivity contribution is -0.121. The summed E-state index contributed by atoms with van der Waals surface area (Å²) in [6.07, 6.45) is 6.75. The molecule has 25 heavy (non-hydrogen) atoms. The molecule has 0 atom stereocenters. The van der Waals surface area contributed by atoms with E-state index in [0.717, 1.165) is 25.3 Å². The summed E-state index contributed by atoms with van der Waals surface area (Å²) in [5, 5.41) is 3.52. The van der Waals surface area contributed by atoms with Gasteiger partial charge in [0.25, 0.3) is 5.56 Å². The van der Waals surface area contributed by atoms with E-state index in [4.69, 9.17) is 0 Å². The van der Waals surface area contributed by atoms with Crippen LogP contribution in [0.5, 0.6) is 0 Å². The van der Waals surface area contributed by atoms with Crippen molar-refractivity contribution in [3.05, 3.63) is 40.4 Å². The fraction of sp³-hybridized carbons (Fsp3) is 0.550. The third-order valence-corrected chi connectivity index (χ3v) is 4.28. The van der Waals surface area contributed by atoms with Gasteiger partial charge in [-0.2, -0.15) is 0 Å². The van der Waals surface area contributed by atoms with Crippen LogP contribution in [0.1, 0.15) is 58.2 Å². The summed E-state index contributed by atoms with van der Waals surface area (Å²) in [6, 6.07) is 7.23. The number of benzene rings is 1. The number of H-pyrrole nitrogens is 1. The molecule has 5 heteroatoms. The predicted octanol–water partition coefficient (Wildman–Crippen LogP) is 3.58. The number of aromatic nitrogens is 2. The predicted molar refractivity (Wildman–Crippen MR) is 102 cm³/mol. The first kappa shape index (κ1) is 19.2. The zero-order valence-electron chi connectivity index (χ0n) is 15.3. The Bertz CT molecular complexity index is 737. The molecule has 0 fully saturated rings. The molecule has 0 saturated carbocycles. The quantitative estimate of drug-likeness (QED) is 0.648. The minimum atomic E-state index is -0.151. The first-order valence-electron chi connectivity index (χ1n) is 9.31. The lowest BCUT2D eigenvalue weighted by Gasteiger charge is -2.06. The van der Waals surface area contributed by atoms with E-state index in [9.17, 15) is 9.59 Å². The largest absolute Gasteiger partial charge is 0.356 e. The van der Waals surface area contributed by atoms with Gasteiger partial charge in [0, 0.05) is 19.4 Å². The van der Waals surface area contributed by atoms with Crippen molar-refractivity contribution >= 4 is 16.8 Å². The Morgan fingerprint density at radius 2 is 1.92 bits per heavy atom. The van der Waals surface area contributed by atoms with Crippen molar-refractivity contribution < 1.29 is 4.79 Å². The minimum Gasteiger partial charge on any atom is -0.356 e. The topological polar surface area (TPSA) is 74.8 Å². The molecule has 136 valence electrons. The Kier molecular flexibility index (Phi) is 7.64. The highest BCUT2D eigenvalue weighted by Gasteiger charge is 2.06. The second-order valence-corrected chi connectivity index (χ2v) is 6.98. The summed E-state index contributed by atoms with van der Waals surface area (Å²) in [5.41, 5.74) is 0.519. The summed E-state index contributed by atoms with van der Waals surface area (Å²) < 4.78 is 0. The van der Waals surface area contributed by atoms with E-state index in [1.165, 1.54) is 19.3 Å². The molecule has 0 aliphatic heterocycles. The van der Waals surface area contributed by atoms with E-state index in [1.54, 1.807) is 6.07 Å². The van der Waals surface area contributed by atoms with Crippen LogP contribution in [0, 0.1) is 5.92 Å². The van der Waals surface area contributed by atoms with Gasteiger partial charge >= 0.3 is 0 Å². The molecule has 0 bridgehead atoms. The van der Waals surface area contributed by atoms with Crippen molar-refractivity contribution in [1.82, 2.24) is 15.3 Å². The van der Waals surface area contributed by atoms with Gasteiger partial charge in [-0.1, -0.05) is 51.7 Å². The molecule has 2 N–H and O–H groups in total. The van der Waals surface area contributed by atoms with E-state index in [-0.39, 0.29) is 11.5 Å². The Balaban J connectivity index is 1.67. The van der Waals surface area contributed by atoms with Gasteiger partial charge in [0.15, 0.2) is 0 Å². The third-order valence-electron chi connectivity index (χ3n) is 4.28. The summed E-state index contributed by atoms with van der Waals surface area (Å²) in [6.45, 7) is 5.22. The van der Waals surface area contributed by atoms with Crippen molar-refractivity contribution in [3.8, 4) is 0 Å². The van der Waals surface area contributed by atoms with Crippen LogP contribution in [0.4, 0.5) is 0 Å². The maximum Gasteiger partial charge on any atom is 0.258 e. The number of aromatic amines is 1. The number of nitrogens with zero attached hydrogens (tertiary/aromatic N) is 1. The fourth-order valence-corrected chi connectivity index (χ4v) is 2.83. The van der Waals surface area contributed by atoms with Crippen molar-refractivity contribution in [2.45, 2.75) is 58.8 Å². The molecule has 1 heterocycles. The Hall–Kier alpha value is -2.17. The molecule has 2 aromatic rings. The van der Waals surface area contributed by atoms with Crippen molar-refractivity contribution in [2.75, 3.05) is 6.54 Å². The van der Waals surface area contributed by atoms with Crippen molar-refractivity contribution in [1.29, 1.82) is 0 Å². The fourth-order valence-electron chi connectivity index (χ4n) is 2.83. The van der Waals surface area contributed by atoms with Crippen molar-refractivity contribution in [3.63, 3.8) is 0 Å². The van der Waals surface area contributed by atoms with Gasteiger partial charge in [0.1, 0.15) is 5.82 Å². The zero-order valence-corrected chi connectivity index (χ0v) is 15.3. The normalized spacial score (nSPS) is 11.2. The van der Waals surface area contributed by atoms with Crippen LogP contribution in [0.25, 0.3) is 10.9 Å². The third kappa shape index (κ3) is 6.69. The van der Waals surface area contributed by atoms with E-state index < -0.39 is 0 Å². The average molecular weight is 343 g/mol. The molecule has 2 rings (SSSR count). The SMILES string of the molecule is CC(C)CCCCCCNC(=O)CCc1nc2ccccc2c(=O)[nH]1. The molecule has 0 unspecified atom stereocenters. The van der Waals surface area contributed by atoms with Gasteiger partial charge in [-0.05, 0) is 24.5 Å². The number of nitrogens with one attached hydrogen (secondary N) is 2. The second-order valence-electron chi connectivity index (χ2n) is 6.98. The molecule has 0 aliphatic carbocycles. The van der Waals surface area contributed by atoms with Gasteiger partial charge in [0.2, 0.25) is 5.91 Å². The summed E-state index contributed by atoms with van der Waals surface area (Å²) >= 11 is 0. The van der Waals surface area contributed by atoms with Gasteiger partial charge in [-0.25, -0.2) is 4.98 Å². The highest BCUT2D eigenvalue weighted by molar-refractivity contribution is 5.77. The Labute approximate surface area is 149 Å². The number of rotatable bonds is 10. The van der Waals surface area contributed by atoms with Crippen LogP contribution >= 0.6 is 0 Å². The molecule has 1 aromatic heterocycles. The lowest BCUT2D eigenvalue weighted by atomic mass is 10.0. The first-order valence-corrected chi connectivity index (χ1v) is 9.31. The van der Waals surface area contributed by atoms with Gasteiger partial charge in [-0.15, -0.1) is 0 Å². The molecule has 1 aromatic carbocycles. The van der Waals surface area contributed by atoms with Crippen LogP contribution in [-0.4, -0.2) is 22.4 Å². The highest BCUT2D eigenvalue weighted by atomic mass is 16.1. The van der Waals surface area contributed by atoms with Crippen molar-refractivity contribution in [2.24, 2.45) is 5.92 Å². The number of para-hydroxylation sites is 1. The highest BCUT2D eigenvalue weighted by Crippen LogP contribution is 2.09. The van der Waals surface area contributed by atoms with E-state index in [1.807, 2.05) is 18.2 Å². The van der Waals surface area contributed by atoms with Crippen LogP contribution < -0.4 is 10.9 Å². The molecule has 0 radical (unpaired) electrons. The van der Waals surface area contributed by atoms with Gasteiger partial charge < -0.3 is 10.3 Å². The second kappa shape index (κ2) is 9.97. The molecular formula is C20H29N3O2. The Morgan fingerprint density at radius 1 is 1.16 bits per heavy atom. The number of aryl methyl sites for hydroxylation is 1. The van der Waals surface area contributed by atoms with Crippen LogP contribution in [0.15, 0.2) is 29.1 Å². The maximum absolute atomic E-state index is 12.0. The van der Waals surface area contributed by atoms with E-state index in [0.29, 0.717) is 29.6 Å². The molecular weight excluding hydrogens is 314 g/mol. The van der Waals surface area contributed by atoms with E-state index >= 15 is 0 Å². The van der Waals surface area contributed by atoms with Gasteiger partial charge in [0.05, 0.1) is 10.9 Å². The minimum absolute atomic E-state index is 0.0120. The number of hydrogen-bond donors (Lipinski definition) is 2. The van der Waals surface area contributed by atoms with Crippen LogP contribution in [-0.2, 0) is 11.2 Å². The lowest BCUT2D eigenvalue weighted by Crippen LogP contribution is -2.25. The number of amides is 1. The number of carbonyl (C=O) groups excluding carboxylic acids is 1. The van der Waals surface area contributed by atoms with Crippen LogP contribution in [0.2, 0.25) is 0 Å². The Morgan fingerprint density at radius 3 is 2.72 bits per heavy atom. The molecule has 0 saturated heterocycles. The summed E-state index contributed by atoms with van der Waals surface area (Å²) in [5.74, 6) is 1.35. The smallest absolute Gasteiger partial charge is 0.258 e. The number of unbranched alkanes of at least 4 members (excludes halogenated alkanes) is 3. The first-order chi connectivity index (χ1) is 12.1. The molecule has 1 amide bonds. The monoisotopic (exact) mass is 343 g/mol. The van der Waals surface area contributed by atoms with Gasteiger partial charge in [-0.3, -0.25) is 9.59 Å². The van der Waals surface area contributed by atoms with Crippen LogP contribution in [0.3, 0.4) is 0 Å². The standard InChI is InChI=1S/C20H29N3O2/c1-15(2)9-5-3-4-8-14-21-19(24)13-12-18-22-17-11-7-6-10-16(17)20(25)23-18/h6-7,10-11,15H,3-5,8-9,12-14H2,1-2H3,(H,21,24)(H,22,23,25). The zero-order chi connectivity index (χ0) is 18.1. The number of carbonyl (C=O) groups is 1. The molecule has 0 aliphatic rings. The molecule has 0 spiro atoms.